The monoisotopic (exact) mass is 538 g/mol. The van der Waals surface area contributed by atoms with E-state index in [2.05, 4.69) is 4.72 Å². The van der Waals surface area contributed by atoms with Crippen molar-refractivity contribution in [3.8, 4) is 0 Å². The van der Waals surface area contributed by atoms with Gasteiger partial charge in [-0.2, -0.15) is 26.3 Å². The Labute approximate surface area is 197 Å². The molecule has 5 nitrogen and oxygen atoms in total. The molecule has 0 saturated carbocycles. The van der Waals surface area contributed by atoms with Gasteiger partial charge in [-0.05, 0) is 42.3 Å². The molecule has 2 unspecified atom stereocenters. The van der Waals surface area contributed by atoms with Crippen LogP contribution in [0.4, 0.5) is 13.2 Å². The van der Waals surface area contributed by atoms with Gasteiger partial charge in [-0.25, -0.2) is 0 Å². The molecule has 31 heavy (non-hydrogen) atoms. The fourth-order valence-corrected chi connectivity index (χ4v) is 4.38. The first-order chi connectivity index (χ1) is 14.0. The van der Waals surface area contributed by atoms with Crippen molar-refractivity contribution >= 4 is 56.7 Å². The number of hydrogen-bond donors (Lipinski definition) is 2. The zero-order valence-electron chi connectivity index (χ0n) is 15.8. The highest BCUT2D eigenvalue weighted by atomic mass is 35.6. The van der Waals surface area contributed by atoms with Crippen molar-refractivity contribution in [3.05, 3.63) is 70.2 Å². The fourth-order valence-electron chi connectivity index (χ4n) is 2.74. The second-order valence-electron chi connectivity index (χ2n) is 6.74. The summed E-state index contributed by atoms with van der Waals surface area (Å²) in [5.41, 5.74) is 4.47. The minimum Gasteiger partial charge on any atom is -0.322 e. The Hall–Kier alpha value is -0.780. The van der Waals surface area contributed by atoms with Crippen LogP contribution in [0.1, 0.15) is 29.7 Å². The van der Waals surface area contributed by atoms with Crippen LogP contribution in [0.5, 0.6) is 0 Å². The lowest BCUT2D eigenvalue weighted by molar-refractivity contribution is -0.137. The summed E-state index contributed by atoms with van der Waals surface area (Å²) in [6.07, 6.45) is -4.53. The number of hydrogen-bond acceptors (Lipinski definition) is 4. The van der Waals surface area contributed by atoms with Crippen LogP contribution in [0.2, 0.25) is 5.02 Å². The van der Waals surface area contributed by atoms with Gasteiger partial charge < -0.3 is 5.73 Å². The van der Waals surface area contributed by atoms with Crippen LogP contribution < -0.4 is 10.5 Å². The third-order valence-corrected chi connectivity index (χ3v) is 6.06. The summed E-state index contributed by atoms with van der Waals surface area (Å²) in [5.74, 6) is 0. The van der Waals surface area contributed by atoms with Crippen LogP contribution in [-0.2, 0) is 26.2 Å². The quantitative estimate of drug-likeness (QED) is 0.455. The van der Waals surface area contributed by atoms with Crippen LogP contribution in [0.3, 0.4) is 0 Å². The van der Waals surface area contributed by atoms with Crippen molar-refractivity contribution in [2.75, 3.05) is 6.61 Å². The summed E-state index contributed by atoms with van der Waals surface area (Å²) in [7, 11) is -4.51. The van der Waals surface area contributed by atoms with Crippen molar-refractivity contribution in [2.45, 2.75) is 28.5 Å². The van der Waals surface area contributed by atoms with E-state index in [0.29, 0.717) is 10.6 Å². The SMILES string of the molecule is CC(NS(=O)(=O)OCC(Cl)(Cl)Cl)(c1ccc(Cl)cc1)C(N)c1ccc(C(F)(F)F)cc1. The van der Waals surface area contributed by atoms with Crippen molar-refractivity contribution in [1.82, 2.24) is 4.72 Å². The Balaban J connectivity index is 2.46. The Bertz CT molecular complexity index is 998. The average Bonchev–Trinajstić information content (AvgIpc) is 2.65. The highest BCUT2D eigenvalue weighted by Gasteiger charge is 2.40. The van der Waals surface area contributed by atoms with E-state index in [0.717, 1.165) is 24.3 Å². The molecule has 0 bridgehead atoms. The van der Waals surface area contributed by atoms with Crippen molar-refractivity contribution in [2.24, 2.45) is 5.73 Å². The summed E-state index contributed by atoms with van der Waals surface area (Å²) in [6.45, 7) is 0.661. The molecule has 172 valence electrons. The summed E-state index contributed by atoms with van der Waals surface area (Å²) < 4.78 is 68.7. The lowest BCUT2D eigenvalue weighted by atomic mass is 9.82. The highest BCUT2D eigenvalue weighted by Crippen LogP contribution is 2.37. The van der Waals surface area contributed by atoms with E-state index >= 15 is 0 Å². The van der Waals surface area contributed by atoms with E-state index in [9.17, 15) is 21.6 Å². The van der Waals surface area contributed by atoms with E-state index in [-0.39, 0.29) is 5.56 Å². The minimum absolute atomic E-state index is 0.231. The van der Waals surface area contributed by atoms with E-state index in [4.69, 9.17) is 56.3 Å². The molecule has 0 saturated heterocycles. The van der Waals surface area contributed by atoms with Gasteiger partial charge in [0.1, 0.15) is 6.61 Å². The van der Waals surface area contributed by atoms with E-state index in [1.165, 1.54) is 31.2 Å². The van der Waals surface area contributed by atoms with Gasteiger partial charge in [-0.15, -0.1) is 0 Å². The lowest BCUT2D eigenvalue weighted by Crippen LogP contribution is -2.51. The molecule has 0 aromatic heterocycles. The average molecular weight is 540 g/mol. The number of rotatable bonds is 7. The molecule has 0 fully saturated rings. The first kappa shape index (κ1) is 26.5. The molecule has 13 heteroatoms. The maximum atomic E-state index is 12.9. The molecule has 0 spiro atoms. The van der Waals surface area contributed by atoms with Gasteiger partial charge in [-0.3, -0.25) is 4.18 Å². The van der Waals surface area contributed by atoms with Gasteiger partial charge >= 0.3 is 16.5 Å². The predicted molar refractivity (Wildman–Crippen MR) is 115 cm³/mol. The topological polar surface area (TPSA) is 81.4 Å². The van der Waals surface area contributed by atoms with Crippen molar-refractivity contribution in [1.29, 1.82) is 0 Å². The van der Waals surface area contributed by atoms with Gasteiger partial charge in [0.2, 0.25) is 3.79 Å². The normalized spacial score (nSPS) is 16.0. The molecular formula is C18H17Cl4F3N2O3S. The van der Waals surface area contributed by atoms with Gasteiger partial charge in [0.15, 0.2) is 0 Å². The minimum atomic E-state index is -4.53. The maximum absolute atomic E-state index is 12.9. The molecule has 2 aromatic carbocycles. The molecule has 0 amide bonds. The van der Waals surface area contributed by atoms with E-state index in [1.807, 2.05) is 0 Å². The molecule has 0 aliphatic heterocycles. The molecule has 0 heterocycles. The molecule has 2 aromatic rings. The summed E-state index contributed by atoms with van der Waals surface area (Å²) in [6, 6.07) is 8.94. The Kier molecular flexibility index (Phi) is 8.20. The van der Waals surface area contributed by atoms with Crippen LogP contribution in [-0.4, -0.2) is 18.8 Å². The Morgan fingerprint density at radius 3 is 1.94 bits per heavy atom. The van der Waals surface area contributed by atoms with Crippen molar-refractivity contribution < 1.29 is 25.8 Å². The molecule has 3 N–H and O–H groups in total. The number of benzene rings is 2. The number of alkyl halides is 6. The fraction of sp³-hybridized carbons (Fsp3) is 0.333. The van der Waals surface area contributed by atoms with Crippen LogP contribution >= 0.6 is 46.4 Å². The second-order valence-corrected chi connectivity index (χ2v) is 11.0. The molecule has 0 aliphatic rings. The molecule has 0 radical (unpaired) electrons. The Morgan fingerprint density at radius 1 is 1.00 bits per heavy atom. The highest BCUT2D eigenvalue weighted by molar-refractivity contribution is 7.84. The Morgan fingerprint density at radius 2 is 1.48 bits per heavy atom. The summed E-state index contributed by atoms with van der Waals surface area (Å²) in [4.78, 5) is 0. The van der Waals surface area contributed by atoms with Crippen LogP contribution in [0.25, 0.3) is 0 Å². The number of nitrogens with one attached hydrogen (secondary N) is 1. The van der Waals surface area contributed by atoms with Crippen molar-refractivity contribution in [3.63, 3.8) is 0 Å². The van der Waals surface area contributed by atoms with E-state index in [1.54, 1.807) is 0 Å². The zero-order chi connectivity index (χ0) is 23.7. The third-order valence-electron chi connectivity index (χ3n) is 4.38. The number of nitrogens with two attached hydrogens (primary N) is 1. The van der Waals surface area contributed by atoms with E-state index < -0.39 is 44.0 Å². The summed E-state index contributed by atoms with van der Waals surface area (Å²) >= 11 is 22.5. The smallest absolute Gasteiger partial charge is 0.322 e. The maximum Gasteiger partial charge on any atom is 0.416 e. The molecular weight excluding hydrogens is 523 g/mol. The standard InChI is InChI=1S/C18H17Cl4F3N2O3S/c1-16(12-6-8-14(19)9-7-12,27-31(28,29)30-10-17(20,21)22)15(26)11-2-4-13(5-3-11)18(23,24)25/h2-9,15,27H,10,26H2,1H3. The summed E-state index contributed by atoms with van der Waals surface area (Å²) in [5, 5.41) is 0.379. The lowest BCUT2D eigenvalue weighted by Gasteiger charge is -2.36. The van der Waals surface area contributed by atoms with Gasteiger partial charge in [0.25, 0.3) is 0 Å². The third kappa shape index (κ3) is 7.36. The molecule has 2 rings (SSSR count). The van der Waals surface area contributed by atoms with Gasteiger partial charge in [-0.1, -0.05) is 70.7 Å². The van der Waals surface area contributed by atoms with Crippen LogP contribution in [0, 0.1) is 0 Å². The van der Waals surface area contributed by atoms with Gasteiger partial charge in [0.05, 0.1) is 17.1 Å². The molecule has 0 aliphatic carbocycles. The second kappa shape index (κ2) is 9.61. The number of halogens is 7. The van der Waals surface area contributed by atoms with Crippen LogP contribution in [0.15, 0.2) is 48.5 Å². The first-order valence-corrected chi connectivity index (χ1v) is 11.4. The van der Waals surface area contributed by atoms with Gasteiger partial charge in [0, 0.05) is 5.02 Å². The molecule has 2 atom stereocenters. The predicted octanol–water partition coefficient (Wildman–Crippen LogP) is 5.50. The zero-order valence-corrected chi connectivity index (χ0v) is 19.6. The first-order valence-electron chi connectivity index (χ1n) is 8.47. The largest absolute Gasteiger partial charge is 0.416 e.